The number of aliphatic hydroxyl groups is 2. The number of hydrogen-bond acceptors (Lipinski definition) is 5. The molecular formula is C12H18BrNO4. The van der Waals surface area contributed by atoms with Gasteiger partial charge in [-0.05, 0) is 35.1 Å². The number of methoxy groups -OCH3 is 2. The van der Waals surface area contributed by atoms with Crippen molar-refractivity contribution in [2.45, 2.75) is 12.2 Å². The van der Waals surface area contributed by atoms with Crippen molar-refractivity contribution >= 4 is 15.9 Å². The van der Waals surface area contributed by atoms with Crippen LogP contribution in [-0.2, 0) is 0 Å². The van der Waals surface area contributed by atoms with Gasteiger partial charge in [-0.1, -0.05) is 0 Å². The van der Waals surface area contributed by atoms with Crippen LogP contribution in [0.25, 0.3) is 0 Å². The van der Waals surface area contributed by atoms with Gasteiger partial charge in [-0.25, -0.2) is 0 Å². The fourth-order valence-electron chi connectivity index (χ4n) is 1.64. The van der Waals surface area contributed by atoms with Gasteiger partial charge in [0, 0.05) is 12.1 Å². The SMILES string of the molecule is CNCC(O)C(O)c1cc(OC)c(Br)cc1OC. The Morgan fingerprint density at radius 3 is 2.33 bits per heavy atom. The molecule has 2 atom stereocenters. The number of aliphatic hydroxyl groups excluding tert-OH is 2. The van der Waals surface area contributed by atoms with E-state index in [-0.39, 0.29) is 6.54 Å². The summed E-state index contributed by atoms with van der Waals surface area (Å²) < 4.78 is 11.1. The molecule has 6 heteroatoms. The Bertz CT molecular complexity index is 400. The summed E-state index contributed by atoms with van der Waals surface area (Å²) in [6, 6.07) is 3.34. The van der Waals surface area contributed by atoms with Crippen molar-refractivity contribution in [2.24, 2.45) is 0 Å². The molecular weight excluding hydrogens is 302 g/mol. The minimum absolute atomic E-state index is 0.280. The van der Waals surface area contributed by atoms with Crippen LogP contribution in [0.5, 0.6) is 11.5 Å². The highest BCUT2D eigenvalue weighted by atomic mass is 79.9. The number of hydrogen-bond donors (Lipinski definition) is 3. The van der Waals surface area contributed by atoms with E-state index in [9.17, 15) is 10.2 Å². The predicted octanol–water partition coefficient (Wildman–Crippen LogP) is 1.08. The summed E-state index contributed by atoms with van der Waals surface area (Å²) in [6.45, 7) is 0.280. The van der Waals surface area contributed by atoms with Crippen molar-refractivity contribution < 1.29 is 19.7 Å². The highest BCUT2D eigenvalue weighted by molar-refractivity contribution is 9.10. The van der Waals surface area contributed by atoms with E-state index in [2.05, 4.69) is 21.2 Å². The smallest absolute Gasteiger partial charge is 0.133 e. The number of nitrogens with one attached hydrogen (secondary N) is 1. The van der Waals surface area contributed by atoms with Crippen LogP contribution in [0.1, 0.15) is 11.7 Å². The van der Waals surface area contributed by atoms with Crippen LogP contribution in [0.2, 0.25) is 0 Å². The number of rotatable bonds is 6. The van der Waals surface area contributed by atoms with Gasteiger partial charge < -0.3 is 25.0 Å². The van der Waals surface area contributed by atoms with Gasteiger partial charge in [0.1, 0.15) is 17.6 Å². The first kappa shape index (κ1) is 15.2. The lowest BCUT2D eigenvalue weighted by atomic mass is 10.0. The summed E-state index contributed by atoms with van der Waals surface area (Å²) in [7, 11) is 4.75. The Labute approximate surface area is 115 Å². The van der Waals surface area contributed by atoms with Crippen LogP contribution >= 0.6 is 15.9 Å². The minimum Gasteiger partial charge on any atom is -0.496 e. The number of halogens is 1. The molecule has 0 saturated heterocycles. The molecule has 5 nitrogen and oxygen atoms in total. The normalized spacial score (nSPS) is 14.1. The molecule has 0 aliphatic heterocycles. The maximum Gasteiger partial charge on any atom is 0.133 e. The Morgan fingerprint density at radius 1 is 1.22 bits per heavy atom. The van der Waals surface area contributed by atoms with Gasteiger partial charge in [0.25, 0.3) is 0 Å². The van der Waals surface area contributed by atoms with Gasteiger partial charge in [-0.2, -0.15) is 0 Å². The van der Waals surface area contributed by atoms with Crippen LogP contribution in [0, 0.1) is 0 Å². The highest BCUT2D eigenvalue weighted by Gasteiger charge is 2.23. The van der Waals surface area contributed by atoms with Gasteiger partial charge in [0.2, 0.25) is 0 Å². The predicted molar refractivity (Wildman–Crippen MR) is 72.1 cm³/mol. The number of benzene rings is 1. The Morgan fingerprint density at radius 2 is 1.83 bits per heavy atom. The Kier molecular flexibility index (Phi) is 5.87. The molecule has 0 spiro atoms. The largest absolute Gasteiger partial charge is 0.496 e. The minimum atomic E-state index is -1.05. The lowest BCUT2D eigenvalue weighted by Gasteiger charge is -2.21. The molecule has 0 bridgehead atoms. The molecule has 2 unspecified atom stereocenters. The lowest BCUT2D eigenvalue weighted by Crippen LogP contribution is -2.29. The van der Waals surface area contributed by atoms with E-state index >= 15 is 0 Å². The van der Waals surface area contributed by atoms with Gasteiger partial charge in [0.05, 0.1) is 24.8 Å². The third kappa shape index (κ3) is 3.35. The molecule has 3 N–H and O–H groups in total. The molecule has 1 aromatic carbocycles. The first-order valence-electron chi connectivity index (χ1n) is 5.47. The van der Waals surface area contributed by atoms with Gasteiger partial charge in [-0.3, -0.25) is 0 Å². The molecule has 1 aromatic rings. The number of ether oxygens (including phenoxy) is 2. The molecule has 1 rings (SSSR count). The molecule has 0 aromatic heterocycles. The summed E-state index contributed by atoms with van der Waals surface area (Å²) in [5.41, 5.74) is 0.486. The molecule has 102 valence electrons. The van der Waals surface area contributed by atoms with Crippen molar-refractivity contribution in [3.05, 3.63) is 22.2 Å². The van der Waals surface area contributed by atoms with E-state index in [4.69, 9.17) is 9.47 Å². The van der Waals surface area contributed by atoms with Gasteiger partial charge in [0.15, 0.2) is 0 Å². The van der Waals surface area contributed by atoms with Crippen LogP contribution in [-0.4, -0.2) is 44.1 Å². The van der Waals surface area contributed by atoms with E-state index in [1.807, 2.05) is 0 Å². The summed E-state index contributed by atoms with van der Waals surface area (Å²) in [5, 5.41) is 22.7. The van der Waals surface area contributed by atoms with Gasteiger partial charge in [-0.15, -0.1) is 0 Å². The van der Waals surface area contributed by atoms with Crippen molar-refractivity contribution in [1.29, 1.82) is 0 Å². The van der Waals surface area contributed by atoms with E-state index in [1.165, 1.54) is 14.2 Å². The van der Waals surface area contributed by atoms with Crippen LogP contribution in [0.15, 0.2) is 16.6 Å². The van der Waals surface area contributed by atoms with Gasteiger partial charge >= 0.3 is 0 Å². The number of likely N-dealkylation sites (N-methyl/N-ethyl adjacent to an activating group) is 1. The average molecular weight is 320 g/mol. The van der Waals surface area contributed by atoms with Crippen LogP contribution in [0.4, 0.5) is 0 Å². The zero-order valence-corrected chi connectivity index (χ0v) is 12.2. The summed E-state index contributed by atoms with van der Waals surface area (Å²) >= 11 is 3.34. The van der Waals surface area contributed by atoms with Crippen LogP contribution in [0.3, 0.4) is 0 Å². The molecule has 0 aliphatic rings. The second kappa shape index (κ2) is 6.94. The highest BCUT2D eigenvalue weighted by Crippen LogP contribution is 2.36. The topological polar surface area (TPSA) is 71.0 Å². The molecule has 0 saturated carbocycles. The fraction of sp³-hybridized carbons (Fsp3) is 0.500. The van der Waals surface area contributed by atoms with E-state index < -0.39 is 12.2 Å². The first-order chi connectivity index (χ1) is 8.54. The van der Waals surface area contributed by atoms with Crippen molar-refractivity contribution in [1.82, 2.24) is 5.32 Å². The summed E-state index contributed by atoms with van der Waals surface area (Å²) in [4.78, 5) is 0. The maximum absolute atomic E-state index is 10.1. The molecule has 18 heavy (non-hydrogen) atoms. The second-order valence-corrected chi connectivity index (χ2v) is 4.65. The average Bonchev–Trinajstić information content (AvgIpc) is 2.37. The fourth-order valence-corrected chi connectivity index (χ4v) is 2.13. The van der Waals surface area contributed by atoms with Crippen molar-refractivity contribution in [2.75, 3.05) is 27.8 Å². The Balaban J connectivity index is 3.12. The third-order valence-corrected chi connectivity index (χ3v) is 3.22. The maximum atomic E-state index is 10.1. The first-order valence-corrected chi connectivity index (χ1v) is 6.26. The monoisotopic (exact) mass is 319 g/mol. The standard InChI is InChI=1S/C12H18BrNO4/c1-14-6-9(15)12(16)7-4-11(18-3)8(13)5-10(7)17-2/h4-5,9,12,14-16H,6H2,1-3H3. The lowest BCUT2D eigenvalue weighted by molar-refractivity contribution is 0.0187. The molecule has 0 aliphatic carbocycles. The van der Waals surface area contributed by atoms with E-state index in [0.717, 1.165) is 4.47 Å². The van der Waals surface area contributed by atoms with E-state index in [1.54, 1.807) is 19.2 Å². The zero-order valence-electron chi connectivity index (χ0n) is 10.6. The molecule has 0 fully saturated rings. The van der Waals surface area contributed by atoms with Crippen molar-refractivity contribution in [3.8, 4) is 11.5 Å². The van der Waals surface area contributed by atoms with Crippen LogP contribution < -0.4 is 14.8 Å². The summed E-state index contributed by atoms with van der Waals surface area (Å²) in [6.07, 6.45) is -1.97. The summed E-state index contributed by atoms with van der Waals surface area (Å²) in [5.74, 6) is 1.06. The van der Waals surface area contributed by atoms with Crippen molar-refractivity contribution in [3.63, 3.8) is 0 Å². The molecule has 0 radical (unpaired) electrons. The molecule has 0 amide bonds. The zero-order chi connectivity index (χ0) is 13.7. The quantitative estimate of drug-likeness (QED) is 0.732. The third-order valence-electron chi connectivity index (χ3n) is 2.60. The Hall–Kier alpha value is -0.820. The molecule has 0 heterocycles. The van der Waals surface area contributed by atoms with E-state index in [0.29, 0.717) is 17.1 Å². The second-order valence-electron chi connectivity index (χ2n) is 3.80.